The number of hydrogen-bond donors (Lipinski definition) is 1. The maximum atomic E-state index is 5.69. The Kier molecular flexibility index (Phi) is 5.08. The Hall–Kier alpha value is -2.73. The Labute approximate surface area is 140 Å². The Bertz CT molecular complexity index is 787. The maximum Gasteiger partial charge on any atom is 0.161 e. The highest BCUT2D eigenvalue weighted by molar-refractivity contribution is 5.85. The van der Waals surface area contributed by atoms with Crippen LogP contribution in [0.2, 0.25) is 0 Å². The first-order chi connectivity index (χ1) is 10.7. The lowest BCUT2D eigenvalue weighted by Gasteiger charge is -2.08. The number of aromatic nitrogens is 3. The summed E-state index contributed by atoms with van der Waals surface area (Å²) in [5.74, 6) is 1.33. The quantitative estimate of drug-likeness (QED) is 0.743. The molecular formula is C16H17ClN4O2. The fraction of sp³-hybridized carbons (Fsp3) is 0.125. The van der Waals surface area contributed by atoms with E-state index in [1.807, 2.05) is 48.7 Å². The summed E-state index contributed by atoms with van der Waals surface area (Å²) < 4.78 is 12.2. The highest BCUT2D eigenvalue weighted by Crippen LogP contribution is 2.31. The molecule has 0 aliphatic rings. The smallest absolute Gasteiger partial charge is 0.161 e. The standard InChI is InChI=1S/C16H16N4O2.ClH/c1-21-15-8-3-11(9-16(15)22-2)14-10-20(19-18-14)13-6-4-12(17)5-7-13;/h3-10H,17H2,1-2H3;1H. The van der Waals surface area contributed by atoms with Gasteiger partial charge in [-0.05, 0) is 42.5 Å². The lowest BCUT2D eigenvalue weighted by Crippen LogP contribution is -1.95. The predicted molar refractivity (Wildman–Crippen MR) is 91.6 cm³/mol. The van der Waals surface area contributed by atoms with Gasteiger partial charge in [-0.2, -0.15) is 0 Å². The van der Waals surface area contributed by atoms with Crippen molar-refractivity contribution < 1.29 is 9.47 Å². The molecule has 0 amide bonds. The minimum atomic E-state index is 0. The molecule has 0 saturated carbocycles. The first-order valence-corrected chi connectivity index (χ1v) is 6.72. The van der Waals surface area contributed by atoms with Gasteiger partial charge in [0.15, 0.2) is 11.5 Å². The van der Waals surface area contributed by atoms with Crippen LogP contribution in [0.1, 0.15) is 0 Å². The van der Waals surface area contributed by atoms with Gasteiger partial charge >= 0.3 is 0 Å². The van der Waals surface area contributed by atoms with Crippen molar-refractivity contribution in [1.82, 2.24) is 15.0 Å². The average molecular weight is 333 g/mol. The topological polar surface area (TPSA) is 75.2 Å². The van der Waals surface area contributed by atoms with E-state index in [1.54, 1.807) is 18.9 Å². The maximum absolute atomic E-state index is 5.69. The molecule has 120 valence electrons. The number of benzene rings is 2. The molecule has 0 radical (unpaired) electrons. The minimum absolute atomic E-state index is 0. The second-order valence-electron chi connectivity index (χ2n) is 4.71. The van der Waals surface area contributed by atoms with Crippen molar-refractivity contribution in [1.29, 1.82) is 0 Å². The zero-order valence-electron chi connectivity index (χ0n) is 12.8. The lowest BCUT2D eigenvalue weighted by molar-refractivity contribution is 0.355. The number of hydrogen-bond acceptors (Lipinski definition) is 5. The van der Waals surface area contributed by atoms with Gasteiger partial charge in [-0.1, -0.05) is 5.21 Å². The third kappa shape index (κ3) is 3.37. The van der Waals surface area contributed by atoms with E-state index in [-0.39, 0.29) is 12.4 Å². The summed E-state index contributed by atoms with van der Waals surface area (Å²) in [4.78, 5) is 0. The summed E-state index contributed by atoms with van der Waals surface area (Å²) in [6.45, 7) is 0. The molecule has 6 nitrogen and oxygen atoms in total. The first kappa shape index (κ1) is 16.6. The van der Waals surface area contributed by atoms with Gasteiger partial charge in [-0.3, -0.25) is 0 Å². The highest BCUT2D eigenvalue weighted by Gasteiger charge is 2.09. The van der Waals surface area contributed by atoms with Gasteiger partial charge in [0, 0.05) is 11.3 Å². The van der Waals surface area contributed by atoms with Crippen molar-refractivity contribution in [2.24, 2.45) is 0 Å². The fourth-order valence-electron chi connectivity index (χ4n) is 2.14. The van der Waals surface area contributed by atoms with Crippen LogP contribution in [0.25, 0.3) is 16.9 Å². The van der Waals surface area contributed by atoms with Crippen LogP contribution < -0.4 is 15.2 Å². The first-order valence-electron chi connectivity index (χ1n) is 6.72. The van der Waals surface area contributed by atoms with Crippen molar-refractivity contribution in [2.75, 3.05) is 20.0 Å². The van der Waals surface area contributed by atoms with Crippen molar-refractivity contribution >= 4 is 18.1 Å². The van der Waals surface area contributed by atoms with Crippen LogP contribution in [0.4, 0.5) is 5.69 Å². The Morgan fingerprint density at radius 2 is 1.65 bits per heavy atom. The second kappa shape index (κ2) is 7.02. The molecule has 0 bridgehead atoms. The van der Waals surface area contributed by atoms with E-state index in [0.29, 0.717) is 17.2 Å². The molecule has 0 saturated heterocycles. The molecule has 1 aromatic heterocycles. The fourth-order valence-corrected chi connectivity index (χ4v) is 2.14. The molecule has 3 aromatic rings. The third-order valence-electron chi connectivity index (χ3n) is 3.33. The molecule has 0 unspecified atom stereocenters. The van der Waals surface area contributed by atoms with Crippen molar-refractivity contribution in [3.05, 3.63) is 48.7 Å². The molecule has 0 aliphatic carbocycles. The second-order valence-corrected chi connectivity index (χ2v) is 4.71. The number of nitrogen functional groups attached to an aromatic ring is 1. The highest BCUT2D eigenvalue weighted by atomic mass is 35.5. The van der Waals surface area contributed by atoms with Crippen LogP contribution in [0.5, 0.6) is 11.5 Å². The molecule has 23 heavy (non-hydrogen) atoms. The van der Waals surface area contributed by atoms with Gasteiger partial charge < -0.3 is 15.2 Å². The predicted octanol–water partition coefficient (Wildman–Crippen LogP) is 2.96. The number of ether oxygens (including phenoxy) is 2. The van der Waals surface area contributed by atoms with Gasteiger partial charge in [0.05, 0.1) is 26.1 Å². The zero-order chi connectivity index (χ0) is 15.5. The van der Waals surface area contributed by atoms with E-state index >= 15 is 0 Å². The molecule has 1 heterocycles. The van der Waals surface area contributed by atoms with Crippen LogP contribution in [0.3, 0.4) is 0 Å². The van der Waals surface area contributed by atoms with Crippen LogP contribution in [0.15, 0.2) is 48.7 Å². The average Bonchev–Trinajstić information content (AvgIpc) is 3.05. The van der Waals surface area contributed by atoms with Gasteiger partial charge in [0.25, 0.3) is 0 Å². The normalized spacial score (nSPS) is 10.0. The number of rotatable bonds is 4. The van der Waals surface area contributed by atoms with Crippen molar-refractivity contribution in [3.63, 3.8) is 0 Å². The van der Waals surface area contributed by atoms with Crippen LogP contribution in [-0.4, -0.2) is 29.2 Å². The number of anilines is 1. The molecule has 0 spiro atoms. The van der Waals surface area contributed by atoms with Gasteiger partial charge in [0.2, 0.25) is 0 Å². The summed E-state index contributed by atoms with van der Waals surface area (Å²) in [5, 5.41) is 8.35. The zero-order valence-corrected chi connectivity index (χ0v) is 13.6. The van der Waals surface area contributed by atoms with E-state index in [4.69, 9.17) is 15.2 Å². The van der Waals surface area contributed by atoms with Gasteiger partial charge in [-0.15, -0.1) is 17.5 Å². The lowest BCUT2D eigenvalue weighted by atomic mass is 10.1. The molecule has 0 atom stereocenters. The summed E-state index contributed by atoms with van der Waals surface area (Å²) in [5.41, 5.74) is 8.95. The largest absolute Gasteiger partial charge is 0.493 e. The summed E-state index contributed by atoms with van der Waals surface area (Å²) in [6.07, 6.45) is 1.85. The Morgan fingerprint density at radius 1 is 0.957 bits per heavy atom. The Balaban J connectivity index is 0.00000192. The summed E-state index contributed by atoms with van der Waals surface area (Å²) >= 11 is 0. The monoisotopic (exact) mass is 332 g/mol. The van der Waals surface area contributed by atoms with Crippen molar-refractivity contribution in [2.45, 2.75) is 0 Å². The molecule has 0 aliphatic heterocycles. The van der Waals surface area contributed by atoms with E-state index in [0.717, 1.165) is 16.9 Å². The molecule has 7 heteroatoms. The van der Waals surface area contributed by atoms with E-state index in [2.05, 4.69) is 10.3 Å². The molecule has 2 aromatic carbocycles. The SMILES string of the molecule is COc1ccc(-c2cn(-c3ccc(N)cc3)nn2)cc1OC.Cl. The number of nitrogens with two attached hydrogens (primary N) is 1. The van der Waals surface area contributed by atoms with Crippen LogP contribution >= 0.6 is 12.4 Å². The molecule has 2 N–H and O–H groups in total. The number of nitrogens with zero attached hydrogens (tertiary/aromatic N) is 3. The van der Waals surface area contributed by atoms with Crippen LogP contribution in [-0.2, 0) is 0 Å². The minimum Gasteiger partial charge on any atom is -0.493 e. The third-order valence-corrected chi connectivity index (χ3v) is 3.33. The van der Waals surface area contributed by atoms with E-state index in [9.17, 15) is 0 Å². The molecule has 0 fully saturated rings. The molecule has 3 rings (SSSR count). The number of methoxy groups -OCH3 is 2. The van der Waals surface area contributed by atoms with E-state index in [1.165, 1.54) is 0 Å². The van der Waals surface area contributed by atoms with Gasteiger partial charge in [-0.25, -0.2) is 4.68 Å². The van der Waals surface area contributed by atoms with E-state index < -0.39 is 0 Å². The van der Waals surface area contributed by atoms with Crippen LogP contribution in [0, 0.1) is 0 Å². The summed E-state index contributed by atoms with van der Waals surface area (Å²) in [6, 6.07) is 13.1. The molecular weight excluding hydrogens is 316 g/mol. The van der Waals surface area contributed by atoms with Gasteiger partial charge in [0.1, 0.15) is 5.69 Å². The Morgan fingerprint density at radius 3 is 2.30 bits per heavy atom. The van der Waals surface area contributed by atoms with Crippen molar-refractivity contribution in [3.8, 4) is 28.4 Å². The summed E-state index contributed by atoms with van der Waals surface area (Å²) in [7, 11) is 3.21. The number of halogens is 1.